The van der Waals surface area contributed by atoms with E-state index >= 15 is 8.78 Å². The van der Waals surface area contributed by atoms with Crippen molar-refractivity contribution in [2.75, 3.05) is 29.1 Å². The van der Waals surface area contributed by atoms with Gasteiger partial charge < -0.3 is 15.1 Å². The molecule has 1 saturated carbocycles. The van der Waals surface area contributed by atoms with Crippen molar-refractivity contribution in [3.63, 3.8) is 0 Å². The quantitative estimate of drug-likeness (QED) is 0.264. The number of rotatable bonds is 3. The van der Waals surface area contributed by atoms with Crippen LogP contribution in [0.2, 0.25) is 0 Å². The number of piperazine rings is 1. The van der Waals surface area contributed by atoms with E-state index in [-0.39, 0.29) is 69.9 Å². The number of fused-ring (bicyclic) bond motifs is 6. The maximum atomic E-state index is 16.2. The summed E-state index contributed by atoms with van der Waals surface area (Å²) in [6.07, 6.45) is 3.37. The van der Waals surface area contributed by atoms with Crippen LogP contribution in [-0.4, -0.2) is 72.1 Å². The van der Waals surface area contributed by atoms with Crippen molar-refractivity contribution in [1.82, 2.24) is 29.4 Å². The minimum absolute atomic E-state index is 0.0406. The Hall–Kier alpha value is -4.72. The first-order valence-corrected chi connectivity index (χ1v) is 15.6. The third kappa shape index (κ3) is 4.83. The van der Waals surface area contributed by atoms with Gasteiger partial charge in [0.15, 0.2) is 11.5 Å². The predicted molar refractivity (Wildman–Crippen MR) is 166 cm³/mol. The lowest BCUT2D eigenvalue weighted by Gasteiger charge is -2.35. The number of nitrogens with zero attached hydrogens (tertiary/aromatic N) is 7. The molecular formula is C31H28F2N8O3S. The van der Waals surface area contributed by atoms with Crippen LogP contribution in [0.4, 0.5) is 20.3 Å². The highest BCUT2D eigenvalue weighted by Gasteiger charge is 2.51. The van der Waals surface area contributed by atoms with Crippen LogP contribution >= 0.6 is 11.8 Å². The molecule has 2 atom stereocenters. The Morgan fingerprint density at radius 3 is 2.73 bits per heavy atom. The Morgan fingerprint density at radius 2 is 1.96 bits per heavy atom. The second-order valence-corrected chi connectivity index (χ2v) is 12.5. The zero-order valence-corrected chi connectivity index (χ0v) is 25.3. The maximum absolute atomic E-state index is 16.2. The second kappa shape index (κ2) is 11.0. The number of halogens is 2. The van der Waals surface area contributed by atoms with E-state index in [4.69, 9.17) is 0 Å². The molecule has 1 aliphatic carbocycles. The number of hydrogen-bond acceptors (Lipinski definition) is 9. The molecule has 1 aromatic carbocycles. The highest BCUT2D eigenvalue weighted by atomic mass is 32.2. The fourth-order valence-electron chi connectivity index (χ4n) is 6.18. The van der Waals surface area contributed by atoms with Gasteiger partial charge in [0.05, 0.1) is 34.4 Å². The molecule has 45 heavy (non-hydrogen) atoms. The lowest BCUT2D eigenvalue weighted by atomic mass is 10.1. The summed E-state index contributed by atoms with van der Waals surface area (Å²) in [4.78, 5) is 61.2. The van der Waals surface area contributed by atoms with Gasteiger partial charge in [-0.1, -0.05) is 26.5 Å². The van der Waals surface area contributed by atoms with Crippen LogP contribution in [0.25, 0.3) is 28.0 Å². The second-order valence-electron chi connectivity index (χ2n) is 11.4. The van der Waals surface area contributed by atoms with Crippen LogP contribution in [0.15, 0.2) is 53.1 Å². The first kappa shape index (κ1) is 29.0. The summed E-state index contributed by atoms with van der Waals surface area (Å²) in [7, 11) is 0. The molecule has 3 aromatic heterocycles. The molecule has 11 nitrogen and oxygen atoms in total. The summed E-state index contributed by atoms with van der Waals surface area (Å²) < 4.78 is 33.0. The van der Waals surface area contributed by atoms with Gasteiger partial charge in [-0.2, -0.15) is 4.98 Å². The maximum Gasteiger partial charge on any atom is 0.355 e. The highest BCUT2D eigenvalue weighted by molar-refractivity contribution is 7.99. The lowest BCUT2D eigenvalue weighted by Crippen LogP contribution is -2.49. The van der Waals surface area contributed by atoms with Crippen molar-refractivity contribution in [2.45, 2.75) is 49.7 Å². The van der Waals surface area contributed by atoms with Crippen LogP contribution in [0.1, 0.15) is 38.3 Å². The summed E-state index contributed by atoms with van der Waals surface area (Å²) in [5, 5.41) is 3.36. The van der Waals surface area contributed by atoms with Crippen molar-refractivity contribution in [1.29, 1.82) is 0 Å². The minimum atomic E-state index is -0.859. The predicted octanol–water partition coefficient (Wildman–Crippen LogP) is 4.05. The van der Waals surface area contributed by atoms with E-state index < -0.39 is 23.2 Å². The molecule has 1 N–H and O–H groups in total. The summed E-state index contributed by atoms with van der Waals surface area (Å²) in [6.45, 7) is 8.15. The van der Waals surface area contributed by atoms with E-state index in [1.807, 2.05) is 18.7 Å². The molecule has 2 aliphatic heterocycles. The van der Waals surface area contributed by atoms with Crippen molar-refractivity contribution < 1.29 is 18.4 Å². The van der Waals surface area contributed by atoms with E-state index in [0.717, 1.165) is 6.07 Å². The molecule has 14 heteroatoms. The Bertz CT molecular complexity index is 1980. The monoisotopic (exact) mass is 630 g/mol. The molecule has 1 saturated heterocycles. The average Bonchev–Trinajstić information content (AvgIpc) is 3.81. The summed E-state index contributed by atoms with van der Waals surface area (Å²) >= 11 is 1.26. The molecule has 2 amide bonds. The van der Waals surface area contributed by atoms with E-state index in [1.54, 1.807) is 4.90 Å². The SMILES string of the molecule is C=CC(=O)N1CCN(c2nc(=O)n3c4nc(c(F)cc24)-c2c(F)cccc2NC(=O)CCSc2ncnc(C(C)C)c2-3)[C@H]2C[C@H]21. The van der Waals surface area contributed by atoms with Gasteiger partial charge in [0, 0.05) is 25.3 Å². The van der Waals surface area contributed by atoms with Gasteiger partial charge in [0.2, 0.25) is 11.8 Å². The van der Waals surface area contributed by atoms with E-state index in [2.05, 4.69) is 31.8 Å². The van der Waals surface area contributed by atoms with Crippen molar-refractivity contribution in [2.24, 2.45) is 0 Å². The van der Waals surface area contributed by atoms with Crippen LogP contribution in [-0.2, 0) is 9.59 Å². The molecule has 7 rings (SSSR count). The smallest absolute Gasteiger partial charge is 0.349 e. The molecule has 0 radical (unpaired) electrons. The minimum Gasteiger partial charge on any atom is -0.349 e. The van der Waals surface area contributed by atoms with Gasteiger partial charge in [-0.25, -0.2) is 33.1 Å². The number of amides is 2. The molecule has 5 heterocycles. The van der Waals surface area contributed by atoms with Crippen LogP contribution < -0.4 is 15.9 Å². The molecular weight excluding hydrogens is 602 g/mol. The number of benzene rings is 1. The van der Waals surface area contributed by atoms with Gasteiger partial charge in [0.1, 0.15) is 34.4 Å². The number of pyridine rings is 1. The van der Waals surface area contributed by atoms with E-state index in [1.165, 1.54) is 46.9 Å². The summed E-state index contributed by atoms with van der Waals surface area (Å²) in [5.41, 5.74) is -0.340. The number of anilines is 2. The van der Waals surface area contributed by atoms with Crippen molar-refractivity contribution >= 4 is 46.1 Å². The van der Waals surface area contributed by atoms with Crippen molar-refractivity contribution in [3.05, 3.63) is 71.1 Å². The third-order valence-corrected chi connectivity index (χ3v) is 9.30. The standard InChI is InChI=1S/C31H28F2N8O3S/c1-4-23(43)39-9-10-40(21-13-20(21)39)28-16-12-18(33)26-24-17(32)6-5-7-19(24)36-22(42)8-11-45-30-27(25(15(2)3)34-14-35-30)41(29(16)37-26)31(44)38-28/h4-7,12,14-15,20-21H,1,8-11,13H2,2-3H3,(H,36,42)/t20-,21+/m1/s1. The fraction of sp³-hybridized carbons (Fsp3) is 0.323. The third-order valence-electron chi connectivity index (χ3n) is 8.32. The van der Waals surface area contributed by atoms with E-state index in [0.29, 0.717) is 35.9 Å². The first-order valence-electron chi connectivity index (χ1n) is 14.6. The van der Waals surface area contributed by atoms with Gasteiger partial charge in [0.25, 0.3) is 0 Å². The molecule has 0 unspecified atom stereocenters. The van der Waals surface area contributed by atoms with Gasteiger partial charge in [-0.3, -0.25) is 9.59 Å². The van der Waals surface area contributed by atoms with Gasteiger partial charge in [-0.15, -0.1) is 11.8 Å². The molecule has 230 valence electrons. The number of nitrogens with one attached hydrogen (secondary N) is 1. The fourth-order valence-corrected chi connectivity index (χ4v) is 7.11. The Balaban J connectivity index is 1.54. The zero-order chi connectivity index (χ0) is 31.6. The number of aromatic nitrogens is 5. The van der Waals surface area contributed by atoms with Crippen LogP contribution in [0.5, 0.6) is 0 Å². The largest absolute Gasteiger partial charge is 0.355 e. The molecule has 4 aromatic rings. The number of carbonyl (C=O) groups is 2. The molecule has 0 spiro atoms. The molecule has 3 aliphatic rings. The van der Waals surface area contributed by atoms with Gasteiger partial charge in [-0.05, 0) is 36.6 Å². The highest BCUT2D eigenvalue weighted by Crippen LogP contribution is 2.42. The van der Waals surface area contributed by atoms with Gasteiger partial charge >= 0.3 is 5.69 Å². The number of hydrogen-bond donors (Lipinski definition) is 1. The molecule has 2 fully saturated rings. The summed E-state index contributed by atoms with van der Waals surface area (Å²) in [5.74, 6) is -1.87. The summed E-state index contributed by atoms with van der Waals surface area (Å²) in [6, 6.07) is 5.04. The zero-order valence-electron chi connectivity index (χ0n) is 24.5. The lowest BCUT2D eigenvalue weighted by molar-refractivity contribution is -0.127. The molecule has 2 bridgehead atoms. The average molecular weight is 631 g/mol. The Labute approximate surface area is 260 Å². The Morgan fingerprint density at radius 1 is 1.13 bits per heavy atom. The number of thioether (sulfide) groups is 1. The van der Waals surface area contributed by atoms with Crippen LogP contribution in [0.3, 0.4) is 0 Å². The van der Waals surface area contributed by atoms with E-state index in [9.17, 15) is 14.4 Å². The Kier molecular flexibility index (Phi) is 7.10. The number of carbonyl (C=O) groups excluding carboxylic acids is 2. The van der Waals surface area contributed by atoms with Crippen LogP contribution in [0, 0.1) is 11.6 Å². The van der Waals surface area contributed by atoms with Crippen molar-refractivity contribution in [3.8, 4) is 16.9 Å². The first-order chi connectivity index (χ1) is 21.7. The topological polar surface area (TPSA) is 126 Å². The normalized spacial score (nSPS) is 19.2.